The third kappa shape index (κ3) is 3.95. The topological polar surface area (TPSA) is 22.1 Å². The highest BCUT2D eigenvalue weighted by Crippen LogP contribution is 2.36. The Labute approximate surface area is 144 Å². The standard InChI is InChI=1S/C21H26FNO/c1-3-14-24-20-13-12-19(23-21(20)22)18-10-8-17(9-11-18)16-6-4-15(2)5-7-16/h8-13,15-16H,3-7,14H2,1-2H3. The maximum absolute atomic E-state index is 14.0. The summed E-state index contributed by atoms with van der Waals surface area (Å²) in [7, 11) is 0. The molecule has 0 atom stereocenters. The lowest BCUT2D eigenvalue weighted by Gasteiger charge is -2.26. The SMILES string of the molecule is CCCOc1ccc(-c2ccc(C3CCC(C)CC3)cc2)nc1F. The van der Waals surface area contributed by atoms with Crippen molar-refractivity contribution in [3.05, 3.63) is 47.9 Å². The number of ether oxygens (including phenoxy) is 1. The number of nitrogens with zero attached hydrogens (tertiary/aromatic N) is 1. The summed E-state index contributed by atoms with van der Waals surface area (Å²) in [5, 5.41) is 0. The van der Waals surface area contributed by atoms with Gasteiger partial charge in [0.15, 0.2) is 5.75 Å². The third-order valence-electron chi connectivity index (χ3n) is 4.97. The Morgan fingerprint density at radius 3 is 2.38 bits per heavy atom. The summed E-state index contributed by atoms with van der Waals surface area (Å²) >= 11 is 0. The summed E-state index contributed by atoms with van der Waals surface area (Å²) in [4.78, 5) is 4.06. The number of hydrogen-bond acceptors (Lipinski definition) is 2. The summed E-state index contributed by atoms with van der Waals surface area (Å²) in [6.07, 6.45) is 6.03. The summed E-state index contributed by atoms with van der Waals surface area (Å²) in [6.45, 7) is 4.84. The van der Waals surface area contributed by atoms with Crippen molar-refractivity contribution in [2.45, 2.75) is 51.9 Å². The van der Waals surface area contributed by atoms with Gasteiger partial charge in [0.1, 0.15) is 0 Å². The van der Waals surface area contributed by atoms with E-state index in [2.05, 4.69) is 36.2 Å². The average molecular weight is 327 g/mol. The smallest absolute Gasteiger partial charge is 0.255 e. The molecule has 1 saturated carbocycles. The summed E-state index contributed by atoms with van der Waals surface area (Å²) in [5.74, 6) is 1.23. The van der Waals surface area contributed by atoms with Crippen LogP contribution < -0.4 is 4.74 Å². The molecule has 2 nitrogen and oxygen atoms in total. The highest BCUT2D eigenvalue weighted by atomic mass is 19.1. The second kappa shape index (κ2) is 7.78. The Morgan fingerprint density at radius 2 is 1.75 bits per heavy atom. The zero-order valence-electron chi connectivity index (χ0n) is 14.6. The van der Waals surface area contributed by atoms with Crippen molar-refractivity contribution in [1.82, 2.24) is 4.98 Å². The van der Waals surface area contributed by atoms with Gasteiger partial charge in [0, 0.05) is 5.56 Å². The van der Waals surface area contributed by atoms with E-state index in [1.165, 1.54) is 31.2 Å². The van der Waals surface area contributed by atoms with Gasteiger partial charge in [-0.3, -0.25) is 0 Å². The van der Waals surface area contributed by atoms with E-state index >= 15 is 0 Å². The molecule has 1 fully saturated rings. The predicted molar refractivity (Wildman–Crippen MR) is 95.8 cm³/mol. The van der Waals surface area contributed by atoms with Gasteiger partial charge >= 0.3 is 0 Å². The molecule has 24 heavy (non-hydrogen) atoms. The van der Waals surface area contributed by atoms with Crippen LogP contribution in [0.2, 0.25) is 0 Å². The van der Waals surface area contributed by atoms with Crippen molar-refractivity contribution in [2.75, 3.05) is 6.61 Å². The van der Waals surface area contributed by atoms with Gasteiger partial charge in [0.05, 0.1) is 12.3 Å². The second-order valence-corrected chi connectivity index (χ2v) is 6.91. The molecule has 0 N–H and O–H groups in total. The first-order valence-corrected chi connectivity index (χ1v) is 9.07. The molecule has 0 unspecified atom stereocenters. The highest BCUT2D eigenvalue weighted by Gasteiger charge is 2.19. The van der Waals surface area contributed by atoms with E-state index in [1.54, 1.807) is 6.07 Å². The number of benzene rings is 1. The molecule has 1 aliphatic carbocycles. The molecule has 2 aromatic rings. The predicted octanol–water partition coefficient (Wildman–Crippen LogP) is 5.97. The van der Waals surface area contributed by atoms with E-state index in [0.29, 0.717) is 18.2 Å². The van der Waals surface area contributed by atoms with Crippen LogP contribution in [0.25, 0.3) is 11.3 Å². The van der Waals surface area contributed by atoms with Crippen LogP contribution in [0.4, 0.5) is 4.39 Å². The quantitative estimate of drug-likeness (QED) is 0.631. The van der Waals surface area contributed by atoms with Crippen LogP contribution in [0.3, 0.4) is 0 Å². The van der Waals surface area contributed by atoms with Crippen LogP contribution in [-0.4, -0.2) is 11.6 Å². The van der Waals surface area contributed by atoms with Gasteiger partial charge in [-0.2, -0.15) is 4.39 Å². The Balaban J connectivity index is 1.72. The van der Waals surface area contributed by atoms with E-state index < -0.39 is 5.95 Å². The Hall–Kier alpha value is -1.90. The number of rotatable bonds is 5. The van der Waals surface area contributed by atoms with Gasteiger partial charge in [-0.1, -0.05) is 51.0 Å². The lowest BCUT2D eigenvalue weighted by Crippen LogP contribution is -2.10. The van der Waals surface area contributed by atoms with Crippen molar-refractivity contribution >= 4 is 0 Å². The molecule has 1 heterocycles. The number of hydrogen-bond donors (Lipinski definition) is 0. The number of halogens is 1. The molecule has 3 rings (SSSR count). The van der Waals surface area contributed by atoms with Crippen molar-refractivity contribution in [3.8, 4) is 17.0 Å². The molecule has 0 saturated heterocycles. The van der Waals surface area contributed by atoms with Crippen LogP contribution in [-0.2, 0) is 0 Å². The Kier molecular flexibility index (Phi) is 5.49. The summed E-state index contributed by atoms with van der Waals surface area (Å²) in [6, 6.07) is 12.0. The van der Waals surface area contributed by atoms with E-state index in [4.69, 9.17) is 4.74 Å². The minimum absolute atomic E-state index is 0.230. The average Bonchev–Trinajstić information content (AvgIpc) is 2.61. The molecule has 3 heteroatoms. The maximum atomic E-state index is 14.0. The van der Waals surface area contributed by atoms with Gasteiger partial charge in [-0.15, -0.1) is 0 Å². The first-order chi connectivity index (χ1) is 11.7. The van der Waals surface area contributed by atoms with Gasteiger partial charge in [0.2, 0.25) is 0 Å². The molecule has 0 bridgehead atoms. The van der Waals surface area contributed by atoms with Crippen LogP contribution in [0, 0.1) is 11.9 Å². The molecular formula is C21H26FNO. The molecule has 128 valence electrons. The fourth-order valence-corrected chi connectivity index (χ4v) is 3.42. The minimum atomic E-state index is -0.536. The third-order valence-corrected chi connectivity index (χ3v) is 4.97. The zero-order valence-corrected chi connectivity index (χ0v) is 14.6. The van der Waals surface area contributed by atoms with E-state index in [0.717, 1.165) is 17.9 Å². The van der Waals surface area contributed by atoms with Crippen molar-refractivity contribution in [1.29, 1.82) is 0 Å². The second-order valence-electron chi connectivity index (χ2n) is 6.91. The minimum Gasteiger partial charge on any atom is -0.489 e. The van der Waals surface area contributed by atoms with Crippen LogP contribution in [0.15, 0.2) is 36.4 Å². The lowest BCUT2D eigenvalue weighted by atomic mass is 9.79. The molecule has 1 aromatic heterocycles. The normalized spacial score (nSPS) is 20.8. The first kappa shape index (κ1) is 16.9. The van der Waals surface area contributed by atoms with Gasteiger partial charge in [-0.25, -0.2) is 4.98 Å². The summed E-state index contributed by atoms with van der Waals surface area (Å²) < 4.78 is 19.4. The maximum Gasteiger partial charge on any atom is 0.255 e. The number of aromatic nitrogens is 1. The molecule has 0 radical (unpaired) electrons. The first-order valence-electron chi connectivity index (χ1n) is 9.07. The summed E-state index contributed by atoms with van der Waals surface area (Å²) in [5.41, 5.74) is 3.00. The zero-order chi connectivity index (χ0) is 16.9. The fourth-order valence-electron chi connectivity index (χ4n) is 3.42. The Bertz CT molecular complexity index is 660. The van der Waals surface area contributed by atoms with Crippen molar-refractivity contribution < 1.29 is 9.13 Å². The number of pyridine rings is 1. The van der Waals surface area contributed by atoms with Gasteiger partial charge < -0.3 is 4.74 Å². The monoisotopic (exact) mass is 327 g/mol. The molecule has 1 aliphatic rings. The highest BCUT2D eigenvalue weighted by molar-refractivity contribution is 5.60. The molecule has 1 aromatic carbocycles. The largest absolute Gasteiger partial charge is 0.489 e. The molecule has 0 amide bonds. The van der Waals surface area contributed by atoms with Gasteiger partial charge in [-0.05, 0) is 48.8 Å². The molecule has 0 aliphatic heterocycles. The fraction of sp³-hybridized carbons (Fsp3) is 0.476. The van der Waals surface area contributed by atoms with E-state index in [9.17, 15) is 4.39 Å². The van der Waals surface area contributed by atoms with Gasteiger partial charge in [0.25, 0.3) is 5.95 Å². The van der Waals surface area contributed by atoms with Crippen LogP contribution >= 0.6 is 0 Å². The van der Waals surface area contributed by atoms with Crippen molar-refractivity contribution in [3.63, 3.8) is 0 Å². The van der Waals surface area contributed by atoms with Crippen molar-refractivity contribution in [2.24, 2.45) is 5.92 Å². The van der Waals surface area contributed by atoms with E-state index in [1.807, 2.05) is 13.0 Å². The Morgan fingerprint density at radius 1 is 1.04 bits per heavy atom. The molecular weight excluding hydrogens is 301 g/mol. The van der Waals surface area contributed by atoms with Crippen LogP contribution in [0.1, 0.15) is 57.4 Å². The lowest BCUT2D eigenvalue weighted by molar-refractivity contribution is 0.297. The molecule has 0 spiro atoms. The van der Waals surface area contributed by atoms with E-state index in [-0.39, 0.29) is 5.75 Å². The van der Waals surface area contributed by atoms with Crippen LogP contribution in [0.5, 0.6) is 5.75 Å².